The molecule has 36 heavy (non-hydrogen) atoms. The van der Waals surface area contributed by atoms with Crippen molar-refractivity contribution in [1.82, 2.24) is 15.8 Å². The van der Waals surface area contributed by atoms with Gasteiger partial charge in [-0.1, -0.05) is 79.7 Å². The van der Waals surface area contributed by atoms with Crippen molar-refractivity contribution in [3.63, 3.8) is 0 Å². The summed E-state index contributed by atoms with van der Waals surface area (Å²) in [4.78, 5) is 13.1. The molecule has 1 aromatic heterocycles. The summed E-state index contributed by atoms with van der Waals surface area (Å²) in [6.45, 7) is 8.63. The minimum Gasteiger partial charge on any atom is -0.350 e. The van der Waals surface area contributed by atoms with E-state index >= 15 is 0 Å². The number of aromatic nitrogens is 1. The fourth-order valence-electron chi connectivity index (χ4n) is 4.91. The molecule has 5 nitrogen and oxygen atoms in total. The van der Waals surface area contributed by atoms with Crippen LogP contribution in [0.4, 0.5) is 0 Å². The van der Waals surface area contributed by atoms with Crippen LogP contribution >= 0.6 is 0 Å². The molecule has 0 fully saturated rings. The van der Waals surface area contributed by atoms with E-state index in [1.165, 1.54) is 22.3 Å². The second-order valence-corrected chi connectivity index (χ2v) is 9.74. The maximum atomic E-state index is 13.1. The van der Waals surface area contributed by atoms with E-state index in [2.05, 4.69) is 90.3 Å². The number of amides is 1. The number of hydrogen-bond acceptors (Lipinski definition) is 4. The molecule has 0 radical (unpaired) electrons. The lowest BCUT2D eigenvalue weighted by Gasteiger charge is -2.18. The second kappa shape index (κ2) is 10.5. The fourth-order valence-corrected chi connectivity index (χ4v) is 4.91. The largest absolute Gasteiger partial charge is 0.350 e. The molecule has 1 aliphatic rings. The van der Waals surface area contributed by atoms with E-state index in [1.807, 2.05) is 13.0 Å². The average molecular weight is 480 g/mol. The Balaban J connectivity index is 1.70. The molecular weight excluding hydrogens is 446 g/mol. The van der Waals surface area contributed by atoms with Crippen molar-refractivity contribution in [3.05, 3.63) is 100 Å². The summed E-state index contributed by atoms with van der Waals surface area (Å²) in [6, 6.07) is 23.5. The van der Waals surface area contributed by atoms with Crippen LogP contribution in [0.1, 0.15) is 65.1 Å². The van der Waals surface area contributed by atoms with Gasteiger partial charge in [-0.15, -0.1) is 0 Å². The first kappa shape index (κ1) is 24.0. The Morgan fingerprint density at radius 2 is 1.89 bits per heavy atom. The van der Waals surface area contributed by atoms with Gasteiger partial charge >= 0.3 is 0 Å². The summed E-state index contributed by atoms with van der Waals surface area (Å²) < 4.78 is 5.79. The molecule has 0 unspecified atom stereocenters. The minimum atomic E-state index is -0.240. The molecule has 1 amide bonds. The minimum absolute atomic E-state index is 0.240. The third-order valence-corrected chi connectivity index (χ3v) is 6.91. The first-order chi connectivity index (χ1) is 17.5. The van der Waals surface area contributed by atoms with Crippen molar-refractivity contribution in [3.8, 4) is 22.4 Å². The molecule has 184 valence electrons. The summed E-state index contributed by atoms with van der Waals surface area (Å²) in [5.74, 6) is 0.389. The number of carbonyl (C=O) groups excluding carboxylic acids is 1. The SMILES string of the molecule is CCNC(=O)c1onc(-c2cc(C(C)C)ccc2Cc2ccccc2)c1-c1ccc2c(c1)CCNC2. The Bertz CT molecular complexity index is 1370. The Morgan fingerprint density at radius 1 is 1.06 bits per heavy atom. The molecule has 5 rings (SSSR count). The number of carbonyl (C=O) groups is 1. The van der Waals surface area contributed by atoms with Crippen LogP contribution in [0, 0.1) is 0 Å². The lowest BCUT2D eigenvalue weighted by molar-refractivity contribution is 0.0920. The molecule has 0 spiro atoms. The van der Waals surface area contributed by atoms with Gasteiger partial charge in [0.15, 0.2) is 0 Å². The molecule has 0 bridgehead atoms. The topological polar surface area (TPSA) is 67.2 Å². The van der Waals surface area contributed by atoms with Gasteiger partial charge in [-0.25, -0.2) is 0 Å². The Kier molecular flexibility index (Phi) is 7.01. The van der Waals surface area contributed by atoms with Crippen molar-refractivity contribution >= 4 is 5.91 Å². The molecule has 0 atom stereocenters. The molecule has 0 saturated heterocycles. The summed E-state index contributed by atoms with van der Waals surface area (Å²) in [7, 11) is 0. The molecule has 1 aliphatic heterocycles. The van der Waals surface area contributed by atoms with Crippen molar-refractivity contribution in [1.29, 1.82) is 0 Å². The van der Waals surface area contributed by atoms with Crippen molar-refractivity contribution < 1.29 is 9.32 Å². The predicted octanol–water partition coefficient (Wildman–Crippen LogP) is 6.12. The van der Waals surface area contributed by atoms with E-state index in [0.717, 1.165) is 53.9 Å². The van der Waals surface area contributed by atoms with Crippen molar-refractivity contribution in [2.24, 2.45) is 0 Å². The average Bonchev–Trinajstić information content (AvgIpc) is 3.34. The van der Waals surface area contributed by atoms with Crippen molar-refractivity contribution in [2.45, 2.75) is 46.1 Å². The van der Waals surface area contributed by atoms with Gasteiger partial charge in [0.05, 0.1) is 5.56 Å². The maximum Gasteiger partial charge on any atom is 0.290 e. The Hall–Kier alpha value is -3.70. The third-order valence-electron chi connectivity index (χ3n) is 6.91. The van der Waals surface area contributed by atoms with Crippen LogP contribution in [-0.2, 0) is 19.4 Å². The standard InChI is InChI=1S/C31H33N3O2/c1-4-33-31(35)30-28(25-12-13-26-19-32-15-14-23(26)17-25)29(34-36-30)27-18-22(20(2)3)10-11-24(27)16-21-8-6-5-7-9-21/h5-13,17-18,20,32H,4,14-16,19H2,1-3H3,(H,33,35). The van der Waals surface area contributed by atoms with Gasteiger partial charge in [0.2, 0.25) is 5.76 Å². The first-order valence-electron chi connectivity index (χ1n) is 12.8. The Morgan fingerprint density at radius 3 is 2.67 bits per heavy atom. The van der Waals surface area contributed by atoms with Crippen molar-refractivity contribution in [2.75, 3.05) is 13.1 Å². The zero-order valence-corrected chi connectivity index (χ0v) is 21.2. The van der Waals surface area contributed by atoms with Crippen LogP contribution in [0.2, 0.25) is 0 Å². The molecular formula is C31H33N3O2. The van der Waals surface area contributed by atoms with E-state index in [9.17, 15) is 4.79 Å². The zero-order valence-electron chi connectivity index (χ0n) is 21.2. The highest BCUT2D eigenvalue weighted by atomic mass is 16.5. The van der Waals surface area contributed by atoms with Gasteiger partial charge in [-0.05, 0) is 71.7 Å². The predicted molar refractivity (Wildman–Crippen MR) is 144 cm³/mol. The highest BCUT2D eigenvalue weighted by Gasteiger charge is 2.27. The van der Waals surface area contributed by atoms with Gasteiger partial charge in [0, 0.05) is 18.7 Å². The van der Waals surface area contributed by atoms with E-state index < -0.39 is 0 Å². The van der Waals surface area contributed by atoms with Gasteiger partial charge in [0.25, 0.3) is 5.91 Å². The summed E-state index contributed by atoms with van der Waals surface area (Å²) >= 11 is 0. The molecule has 0 aliphatic carbocycles. The van der Waals surface area contributed by atoms with Crippen LogP contribution in [0.25, 0.3) is 22.4 Å². The van der Waals surface area contributed by atoms with Gasteiger partial charge in [0.1, 0.15) is 5.69 Å². The van der Waals surface area contributed by atoms with Crippen LogP contribution in [0.5, 0.6) is 0 Å². The summed E-state index contributed by atoms with van der Waals surface area (Å²) in [5, 5.41) is 10.9. The van der Waals surface area contributed by atoms with Gasteiger partial charge < -0.3 is 15.2 Å². The van der Waals surface area contributed by atoms with E-state index in [1.54, 1.807) is 0 Å². The normalized spacial score (nSPS) is 13.0. The number of hydrogen-bond donors (Lipinski definition) is 2. The molecule has 4 aromatic rings. The van der Waals surface area contributed by atoms with E-state index in [-0.39, 0.29) is 11.7 Å². The summed E-state index contributed by atoms with van der Waals surface area (Å²) in [5.41, 5.74) is 9.68. The third kappa shape index (κ3) is 4.84. The summed E-state index contributed by atoms with van der Waals surface area (Å²) in [6.07, 6.45) is 1.73. The van der Waals surface area contributed by atoms with Crippen LogP contribution in [0.15, 0.2) is 71.3 Å². The first-order valence-corrected chi connectivity index (χ1v) is 12.8. The highest BCUT2D eigenvalue weighted by molar-refractivity contribution is 6.02. The molecule has 2 heterocycles. The van der Waals surface area contributed by atoms with E-state index in [0.29, 0.717) is 12.5 Å². The van der Waals surface area contributed by atoms with E-state index in [4.69, 9.17) is 4.52 Å². The number of nitrogens with zero attached hydrogens (tertiary/aromatic N) is 1. The molecule has 5 heteroatoms. The lowest BCUT2D eigenvalue weighted by Crippen LogP contribution is -2.24. The lowest BCUT2D eigenvalue weighted by atomic mass is 9.88. The molecule has 0 saturated carbocycles. The highest BCUT2D eigenvalue weighted by Crippen LogP contribution is 2.39. The number of rotatable bonds is 7. The second-order valence-electron chi connectivity index (χ2n) is 9.74. The number of fused-ring (bicyclic) bond motifs is 1. The van der Waals surface area contributed by atoms with Crippen LogP contribution in [-0.4, -0.2) is 24.2 Å². The number of nitrogens with one attached hydrogen (secondary N) is 2. The molecule has 3 aromatic carbocycles. The van der Waals surface area contributed by atoms with Crippen LogP contribution in [0.3, 0.4) is 0 Å². The Labute approximate surface area is 212 Å². The fraction of sp³-hybridized carbons (Fsp3) is 0.290. The van der Waals surface area contributed by atoms with Crippen LogP contribution < -0.4 is 10.6 Å². The van der Waals surface area contributed by atoms with Gasteiger partial charge in [-0.2, -0.15) is 0 Å². The molecule has 2 N–H and O–H groups in total. The monoisotopic (exact) mass is 479 g/mol. The van der Waals surface area contributed by atoms with Gasteiger partial charge in [-0.3, -0.25) is 4.79 Å². The number of benzene rings is 3. The quantitative estimate of drug-likeness (QED) is 0.335. The smallest absolute Gasteiger partial charge is 0.290 e. The maximum absolute atomic E-state index is 13.1. The zero-order chi connectivity index (χ0) is 25.1.